The van der Waals surface area contributed by atoms with Crippen LogP contribution in [0.2, 0.25) is 0 Å². The molecule has 0 amide bonds. The summed E-state index contributed by atoms with van der Waals surface area (Å²) in [5.74, 6) is 0.637. The second-order valence-electron chi connectivity index (χ2n) is 3.71. The van der Waals surface area contributed by atoms with Crippen molar-refractivity contribution in [3.8, 4) is 0 Å². The molecule has 1 aromatic heterocycles. The highest BCUT2D eigenvalue weighted by atomic mass is 79.9. The highest BCUT2D eigenvalue weighted by Crippen LogP contribution is 2.31. The zero-order chi connectivity index (χ0) is 9.10. The average molecular weight is 244 g/mol. The lowest BCUT2D eigenvalue weighted by molar-refractivity contribution is 0.522. The summed E-state index contributed by atoms with van der Waals surface area (Å²) in [4.78, 5) is 4.94. The van der Waals surface area contributed by atoms with Crippen LogP contribution >= 0.6 is 15.9 Å². The molecule has 0 bridgehead atoms. The summed E-state index contributed by atoms with van der Waals surface area (Å²) in [5, 5.41) is 0. The summed E-state index contributed by atoms with van der Waals surface area (Å²) < 4.78 is 5.16. The van der Waals surface area contributed by atoms with Gasteiger partial charge >= 0.3 is 0 Å². The summed E-state index contributed by atoms with van der Waals surface area (Å²) >= 11 is 3.24. The van der Waals surface area contributed by atoms with Crippen LogP contribution in [-0.2, 0) is 0 Å². The molecule has 2 rings (SSSR count). The van der Waals surface area contributed by atoms with Crippen LogP contribution in [0.3, 0.4) is 0 Å². The SMILES string of the molecule is Brc1nc(C2CCCCCC2)co1. The molecule has 0 aromatic carbocycles. The fourth-order valence-corrected chi connectivity index (χ4v) is 2.32. The minimum atomic E-state index is 0.617. The molecule has 0 aliphatic heterocycles. The smallest absolute Gasteiger partial charge is 0.264 e. The molecule has 72 valence electrons. The van der Waals surface area contributed by atoms with E-state index in [0.29, 0.717) is 10.7 Å². The molecule has 1 aliphatic rings. The van der Waals surface area contributed by atoms with E-state index in [-0.39, 0.29) is 0 Å². The summed E-state index contributed by atoms with van der Waals surface area (Å²) in [7, 11) is 0. The Morgan fingerprint density at radius 1 is 1.23 bits per heavy atom. The molecule has 2 nitrogen and oxygen atoms in total. The van der Waals surface area contributed by atoms with Gasteiger partial charge < -0.3 is 4.42 Å². The molecule has 0 atom stereocenters. The van der Waals surface area contributed by atoms with Crippen molar-refractivity contribution in [2.24, 2.45) is 0 Å². The van der Waals surface area contributed by atoms with E-state index in [0.717, 1.165) is 5.69 Å². The fourth-order valence-electron chi connectivity index (χ4n) is 2.03. The Morgan fingerprint density at radius 2 is 1.92 bits per heavy atom. The molecule has 0 saturated heterocycles. The van der Waals surface area contributed by atoms with Crippen LogP contribution in [0.4, 0.5) is 0 Å². The van der Waals surface area contributed by atoms with Crippen LogP contribution in [0.5, 0.6) is 0 Å². The highest BCUT2D eigenvalue weighted by Gasteiger charge is 2.17. The second-order valence-corrected chi connectivity index (χ2v) is 4.39. The van der Waals surface area contributed by atoms with Crippen LogP contribution in [0.15, 0.2) is 15.5 Å². The summed E-state index contributed by atoms with van der Waals surface area (Å²) in [5.41, 5.74) is 1.13. The number of nitrogens with zero attached hydrogens (tertiary/aromatic N) is 1. The zero-order valence-corrected chi connectivity index (χ0v) is 9.22. The van der Waals surface area contributed by atoms with Crippen LogP contribution in [0.1, 0.15) is 50.1 Å². The first-order valence-electron chi connectivity index (χ1n) is 4.97. The van der Waals surface area contributed by atoms with Crippen molar-refractivity contribution < 1.29 is 4.42 Å². The van der Waals surface area contributed by atoms with E-state index in [9.17, 15) is 0 Å². The maximum Gasteiger partial charge on any atom is 0.264 e. The van der Waals surface area contributed by atoms with Gasteiger partial charge in [-0.1, -0.05) is 25.7 Å². The lowest BCUT2D eigenvalue weighted by atomic mass is 9.98. The lowest BCUT2D eigenvalue weighted by Gasteiger charge is -2.08. The van der Waals surface area contributed by atoms with Gasteiger partial charge in [-0.2, -0.15) is 0 Å². The Hall–Kier alpha value is -0.310. The molecule has 0 N–H and O–H groups in total. The maximum absolute atomic E-state index is 5.16. The van der Waals surface area contributed by atoms with Gasteiger partial charge in [-0.15, -0.1) is 0 Å². The molecule has 13 heavy (non-hydrogen) atoms. The molecular formula is C10H14BrNO. The van der Waals surface area contributed by atoms with Crippen LogP contribution in [0.25, 0.3) is 0 Å². The molecule has 0 unspecified atom stereocenters. The maximum atomic E-state index is 5.16. The number of hydrogen-bond acceptors (Lipinski definition) is 2. The van der Waals surface area contributed by atoms with E-state index >= 15 is 0 Å². The second kappa shape index (κ2) is 4.27. The minimum absolute atomic E-state index is 0.617. The first-order chi connectivity index (χ1) is 6.36. The molecule has 0 spiro atoms. The van der Waals surface area contributed by atoms with Gasteiger partial charge in [-0.25, -0.2) is 4.98 Å². The van der Waals surface area contributed by atoms with Gasteiger partial charge in [-0.3, -0.25) is 0 Å². The molecular weight excluding hydrogens is 230 g/mol. The van der Waals surface area contributed by atoms with Gasteiger partial charge in [0, 0.05) is 21.8 Å². The third-order valence-electron chi connectivity index (χ3n) is 2.77. The van der Waals surface area contributed by atoms with Crippen molar-refractivity contribution in [1.82, 2.24) is 4.98 Å². The van der Waals surface area contributed by atoms with Crippen LogP contribution in [0, 0.1) is 0 Å². The van der Waals surface area contributed by atoms with Crippen molar-refractivity contribution in [1.29, 1.82) is 0 Å². The van der Waals surface area contributed by atoms with E-state index in [1.807, 2.05) is 0 Å². The summed E-state index contributed by atoms with van der Waals surface area (Å²) in [6.07, 6.45) is 9.80. The van der Waals surface area contributed by atoms with E-state index in [1.54, 1.807) is 6.26 Å². The quantitative estimate of drug-likeness (QED) is 0.700. The molecule has 1 saturated carbocycles. The first-order valence-corrected chi connectivity index (χ1v) is 5.76. The Kier molecular flexibility index (Phi) is 3.04. The summed E-state index contributed by atoms with van der Waals surface area (Å²) in [6, 6.07) is 0. The monoisotopic (exact) mass is 243 g/mol. The topological polar surface area (TPSA) is 26.0 Å². The molecule has 3 heteroatoms. The highest BCUT2D eigenvalue weighted by molar-refractivity contribution is 9.10. The predicted octanol–water partition coefficient (Wildman–Crippen LogP) is 3.87. The number of aromatic nitrogens is 1. The molecule has 1 heterocycles. The van der Waals surface area contributed by atoms with E-state index in [2.05, 4.69) is 20.9 Å². The van der Waals surface area contributed by atoms with E-state index in [1.165, 1.54) is 38.5 Å². The Bertz CT molecular complexity index is 264. The van der Waals surface area contributed by atoms with Crippen molar-refractivity contribution >= 4 is 15.9 Å². The van der Waals surface area contributed by atoms with E-state index in [4.69, 9.17) is 4.42 Å². The third kappa shape index (κ3) is 2.33. The van der Waals surface area contributed by atoms with Crippen molar-refractivity contribution in [2.45, 2.75) is 44.4 Å². The number of halogens is 1. The van der Waals surface area contributed by atoms with Gasteiger partial charge in [0.2, 0.25) is 0 Å². The number of oxazole rings is 1. The minimum Gasteiger partial charge on any atom is -0.439 e. The van der Waals surface area contributed by atoms with Gasteiger partial charge in [0.1, 0.15) is 6.26 Å². The average Bonchev–Trinajstić information content (AvgIpc) is 2.43. The largest absolute Gasteiger partial charge is 0.439 e. The van der Waals surface area contributed by atoms with Gasteiger partial charge in [0.25, 0.3) is 4.80 Å². The van der Waals surface area contributed by atoms with Crippen molar-refractivity contribution in [3.63, 3.8) is 0 Å². The Balaban J connectivity index is 2.06. The lowest BCUT2D eigenvalue weighted by Crippen LogP contribution is -1.96. The fraction of sp³-hybridized carbons (Fsp3) is 0.700. The van der Waals surface area contributed by atoms with Crippen LogP contribution in [-0.4, -0.2) is 4.98 Å². The number of hydrogen-bond donors (Lipinski definition) is 0. The van der Waals surface area contributed by atoms with Crippen molar-refractivity contribution in [3.05, 3.63) is 16.8 Å². The molecule has 1 fully saturated rings. The Morgan fingerprint density at radius 3 is 2.46 bits per heavy atom. The van der Waals surface area contributed by atoms with E-state index < -0.39 is 0 Å². The standard InChI is InChI=1S/C10H14BrNO/c11-10-12-9(7-13-10)8-5-3-1-2-4-6-8/h7-8H,1-6H2. The van der Waals surface area contributed by atoms with Gasteiger partial charge in [0.15, 0.2) is 0 Å². The normalized spacial score (nSPS) is 20.1. The first kappa shape index (κ1) is 9.25. The predicted molar refractivity (Wildman–Crippen MR) is 54.6 cm³/mol. The number of rotatable bonds is 1. The summed E-state index contributed by atoms with van der Waals surface area (Å²) in [6.45, 7) is 0. The van der Waals surface area contributed by atoms with Crippen LogP contribution < -0.4 is 0 Å². The molecule has 0 radical (unpaired) electrons. The third-order valence-corrected chi connectivity index (χ3v) is 3.13. The molecule has 1 aromatic rings. The zero-order valence-electron chi connectivity index (χ0n) is 7.63. The van der Waals surface area contributed by atoms with Gasteiger partial charge in [0.05, 0.1) is 5.69 Å². The Labute approximate surface area is 86.9 Å². The van der Waals surface area contributed by atoms with Gasteiger partial charge in [-0.05, 0) is 12.8 Å². The van der Waals surface area contributed by atoms with Crippen molar-refractivity contribution in [2.75, 3.05) is 0 Å². The molecule has 1 aliphatic carbocycles.